The molecule has 2 aromatic rings. The molecule has 0 radical (unpaired) electrons. The molecular formula is C15H17N3O4. The van der Waals surface area contributed by atoms with E-state index in [9.17, 15) is 20.0 Å². The van der Waals surface area contributed by atoms with Crippen LogP contribution in [0.15, 0.2) is 30.5 Å². The Labute approximate surface area is 127 Å². The standard InChI is InChI=1S/C15H17N3O4/c1-9(2)7-13(15(19)20)17-14-12-4-3-11(18(21)22)8-10(12)5-6-16-14/h3-6,8-9,13H,7H2,1-2H3,(H,16,17)(H,19,20). The van der Waals surface area contributed by atoms with Crippen LogP contribution in [0.1, 0.15) is 20.3 Å². The van der Waals surface area contributed by atoms with E-state index in [0.29, 0.717) is 23.0 Å². The molecule has 0 fully saturated rings. The van der Waals surface area contributed by atoms with Gasteiger partial charge in [-0.25, -0.2) is 9.78 Å². The summed E-state index contributed by atoms with van der Waals surface area (Å²) in [5, 5.41) is 24.3. The molecule has 2 rings (SSSR count). The van der Waals surface area contributed by atoms with Crippen LogP contribution in [0.4, 0.5) is 11.5 Å². The van der Waals surface area contributed by atoms with Gasteiger partial charge in [0, 0.05) is 23.7 Å². The lowest BCUT2D eigenvalue weighted by Gasteiger charge is -2.18. The van der Waals surface area contributed by atoms with Crippen molar-refractivity contribution in [1.29, 1.82) is 0 Å². The van der Waals surface area contributed by atoms with Gasteiger partial charge in [0.15, 0.2) is 0 Å². The average Bonchev–Trinajstić information content (AvgIpc) is 2.45. The number of carbonyl (C=O) groups is 1. The second-order valence-corrected chi connectivity index (χ2v) is 5.49. The van der Waals surface area contributed by atoms with Crippen molar-refractivity contribution in [1.82, 2.24) is 4.98 Å². The molecule has 1 heterocycles. The summed E-state index contributed by atoms with van der Waals surface area (Å²) in [6.45, 7) is 3.88. The number of nitrogens with one attached hydrogen (secondary N) is 1. The van der Waals surface area contributed by atoms with Gasteiger partial charge in [-0.2, -0.15) is 0 Å². The van der Waals surface area contributed by atoms with E-state index < -0.39 is 16.9 Å². The first-order valence-electron chi connectivity index (χ1n) is 6.91. The van der Waals surface area contributed by atoms with Gasteiger partial charge >= 0.3 is 5.97 Å². The van der Waals surface area contributed by atoms with Gasteiger partial charge in [-0.1, -0.05) is 13.8 Å². The van der Waals surface area contributed by atoms with Gasteiger partial charge in [0.2, 0.25) is 0 Å². The number of hydrogen-bond donors (Lipinski definition) is 2. The highest BCUT2D eigenvalue weighted by Crippen LogP contribution is 2.26. The van der Waals surface area contributed by atoms with Gasteiger partial charge in [-0.05, 0) is 29.9 Å². The van der Waals surface area contributed by atoms with E-state index in [4.69, 9.17) is 0 Å². The summed E-state index contributed by atoms with van der Waals surface area (Å²) in [7, 11) is 0. The number of fused-ring (bicyclic) bond motifs is 1. The fourth-order valence-electron chi connectivity index (χ4n) is 2.25. The molecule has 0 amide bonds. The molecule has 0 spiro atoms. The number of nitro benzene ring substituents is 1. The van der Waals surface area contributed by atoms with Gasteiger partial charge in [-0.15, -0.1) is 0 Å². The summed E-state index contributed by atoms with van der Waals surface area (Å²) < 4.78 is 0. The van der Waals surface area contributed by atoms with Crippen LogP contribution in [-0.2, 0) is 4.79 Å². The van der Waals surface area contributed by atoms with E-state index in [-0.39, 0.29) is 11.6 Å². The number of non-ortho nitro benzene ring substituents is 1. The van der Waals surface area contributed by atoms with Crippen molar-refractivity contribution < 1.29 is 14.8 Å². The number of carboxylic acid groups (broad SMARTS) is 1. The van der Waals surface area contributed by atoms with E-state index >= 15 is 0 Å². The molecule has 0 aliphatic rings. The second kappa shape index (κ2) is 6.38. The number of benzene rings is 1. The zero-order valence-electron chi connectivity index (χ0n) is 12.3. The molecule has 0 aliphatic heterocycles. The quantitative estimate of drug-likeness (QED) is 0.627. The molecule has 0 saturated carbocycles. The van der Waals surface area contributed by atoms with Crippen molar-refractivity contribution in [2.45, 2.75) is 26.3 Å². The van der Waals surface area contributed by atoms with Gasteiger partial charge in [0.25, 0.3) is 5.69 Å². The van der Waals surface area contributed by atoms with Crippen LogP contribution in [0, 0.1) is 16.0 Å². The minimum Gasteiger partial charge on any atom is -0.480 e. The number of anilines is 1. The predicted octanol–water partition coefficient (Wildman–Crippen LogP) is 3.05. The first-order chi connectivity index (χ1) is 10.4. The first-order valence-corrected chi connectivity index (χ1v) is 6.91. The summed E-state index contributed by atoms with van der Waals surface area (Å²) in [6.07, 6.45) is 1.96. The Bertz CT molecular complexity index is 715. The Morgan fingerprint density at radius 2 is 2.14 bits per heavy atom. The number of aromatic nitrogens is 1. The summed E-state index contributed by atoms with van der Waals surface area (Å²) in [4.78, 5) is 25.9. The summed E-state index contributed by atoms with van der Waals surface area (Å²) in [6, 6.07) is 5.31. The number of rotatable bonds is 6. The van der Waals surface area contributed by atoms with E-state index in [0.717, 1.165) is 0 Å². The molecular weight excluding hydrogens is 286 g/mol. The third-order valence-corrected chi connectivity index (χ3v) is 3.27. The molecule has 1 unspecified atom stereocenters. The van der Waals surface area contributed by atoms with Crippen LogP contribution >= 0.6 is 0 Å². The normalized spacial score (nSPS) is 12.3. The number of aliphatic carboxylic acids is 1. The first kappa shape index (κ1) is 15.7. The highest BCUT2D eigenvalue weighted by atomic mass is 16.6. The molecule has 1 atom stereocenters. The van der Waals surface area contributed by atoms with E-state index in [2.05, 4.69) is 10.3 Å². The van der Waals surface area contributed by atoms with Crippen LogP contribution in [0.2, 0.25) is 0 Å². The lowest BCUT2D eigenvalue weighted by atomic mass is 10.0. The van der Waals surface area contributed by atoms with E-state index in [1.54, 1.807) is 12.1 Å². The number of nitro groups is 1. The topological polar surface area (TPSA) is 105 Å². The zero-order valence-corrected chi connectivity index (χ0v) is 12.3. The molecule has 7 nitrogen and oxygen atoms in total. The van der Waals surface area contributed by atoms with Crippen molar-refractivity contribution in [2.75, 3.05) is 5.32 Å². The molecule has 0 saturated heterocycles. The van der Waals surface area contributed by atoms with Crippen molar-refractivity contribution in [2.24, 2.45) is 5.92 Å². The highest BCUT2D eigenvalue weighted by Gasteiger charge is 2.20. The molecule has 1 aromatic heterocycles. The Morgan fingerprint density at radius 3 is 2.73 bits per heavy atom. The van der Waals surface area contributed by atoms with Gasteiger partial charge in [-0.3, -0.25) is 10.1 Å². The molecule has 22 heavy (non-hydrogen) atoms. The Balaban J connectivity index is 2.38. The highest BCUT2D eigenvalue weighted by molar-refractivity contribution is 5.94. The fourth-order valence-corrected chi connectivity index (χ4v) is 2.25. The molecule has 116 valence electrons. The van der Waals surface area contributed by atoms with Crippen molar-refractivity contribution in [3.63, 3.8) is 0 Å². The number of nitrogens with zero attached hydrogens (tertiary/aromatic N) is 2. The van der Waals surface area contributed by atoms with E-state index in [1.807, 2.05) is 13.8 Å². The van der Waals surface area contributed by atoms with Crippen molar-refractivity contribution >= 4 is 28.2 Å². The summed E-state index contributed by atoms with van der Waals surface area (Å²) >= 11 is 0. The number of pyridine rings is 1. The van der Waals surface area contributed by atoms with Crippen LogP contribution < -0.4 is 5.32 Å². The lowest BCUT2D eigenvalue weighted by molar-refractivity contribution is -0.384. The average molecular weight is 303 g/mol. The molecule has 7 heteroatoms. The molecule has 0 aliphatic carbocycles. The SMILES string of the molecule is CC(C)CC(Nc1nccc2cc([N+](=O)[O-])ccc12)C(=O)O. The molecule has 2 N–H and O–H groups in total. The van der Waals surface area contributed by atoms with Gasteiger partial charge < -0.3 is 10.4 Å². The van der Waals surface area contributed by atoms with Gasteiger partial charge in [0.1, 0.15) is 11.9 Å². The maximum absolute atomic E-state index is 11.3. The Hall–Kier alpha value is -2.70. The minimum atomic E-state index is -0.950. The Kier molecular flexibility index (Phi) is 4.55. The molecule has 1 aromatic carbocycles. The van der Waals surface area contributed by atoms with Crippen molar-refractivity contribution in [3.8, 4) is 0 Å². The maximum atomic E-state index is 11.3. The zero-order chi connectivity index (χ0) is 16.3. The lowest BCUT2D eigenvalue weighted by Crippen LogP contribution is -2.31. The monoisotopic (exact) mass is 303 g/mol. The summed E-state index contributed by atoms with van der Waals surface area (Å²) in [5.41, 5.74) is -0.0124. The maximum Gasteiger partial charge on any atom is 0.326 e. The number of carboxylic acids is 1. The molecule has 0 bridgehead atoms. The minimum absolute atomic E-state index is 0.0124. The van der Waals surface area contributed by atoms with Gasteiger partial charge in [0.05, 0.1) is 4.92 Å². The summed E-state index contributed by atoms with van der Waals surface area (Å²) in [5.74, 6) is -0.320. The fraction of sp³-hybridized carbons (Fsp3) is 0.333. The second-order valence-electron chi connectivity index (χ2n) is 5.49. The van der Waals surface area contributed by atoms with E-state index in [1.165, 1.54) is 18.3 Å². The van der Waals surface area contributed by atoms with Crippen molar-refractivity contribution in [3.05, 3.63) is 40.6 Å². The van der Waals surface area contributed by atoms with Crippen LogP contribution in [-0.4, -0.2) is 27.0 Å². The van der Waals surface area contributed by atoms with Crippen LogP contribution in [0.25, 0.3) is 10.8 Å². The third kappa shape index (κ3) is 3.49. The third-order valence-electron chi connectivity index (χ3n) is 3.27. The number of hydrogen-bond acceptors (Lipinski definition) is 5. The van der Waals surface area contributed by atoms with Crippen LogP contribution in [0.3, 0.4) is 0 Å². The predicted molar refractivity (Wildman–Crippen MR) is 82.9 cm³/mol. The van der Waals surface area contributed by atoms with Crippen LogP contribution in [0.5, 0.6) is 0 Å². The largest absolute Gasteiger partial charge is 0.480 e. The Morgan fingerprint density at radius 1 is 1.41 bits per heavy atom. The smallest absolute Gasteiger partial charge is 0.326 e.